The zero-order chi connectivity index (χ0) is 23.6. The van der Waals surface area contributed by atoms with E-state index < -0.39 is 38.9 Å². The highest BCUT2D eigenvalue weighted by Gasteiger charge is 2.20. The minimum absolute atomic E-state index is 0.232. The molecular weight excluding hydrogens is 444 g/mol. The number of hydrogen-bond acceptors (Lipinski definition) is 8. The van der Waals surface area contributed by atoms with E-state index in [1.54, 1.807) is 0 Å². The van der Waals surface area contributed by atoms with Gasteiger partial charge in [-0.05, 0) is 6.42 Å². The minimum atomic E-state index is -3.85. The van der Waals surface area contributed by atoms with E-state index in [0.717, 1.165) is 31.8 Å². The lowest BCUT2D eigenvalue weighted by Crippen LogP contribution is -2.30. The first-order chi connectivity index (χ1) is 14.5. The third-order valence-corrected chi connectivity index (χ3v) is 5.88. The smallest absolute Gasteiger partial charge is 0.305 e. The first kappa shape index (κ1) is 30.3. The van der Waals surface area contributed by atoms with Gasteiger partial charge in [-0.1, -0.05) is 84.0 Å². The molecule has 0 fully saturated rings. The average molecular weight is 487 g/mol. The molecule has 0 saturated carbocycles. The van der Waals surface area contributed by atoms with Crippen LogP contribution in [0.4, 0.5) is 0 Å². The zero-order valence-corrected chi connectivity index (χ0v) is 21.1. The fourth-order valence-electron chi connectivity index (χ4n) is 3.10. The normalized spacial score (nSPS) is 13.3. The zero-order valence-electron chi connectivity index (χ0n) is 19.5. The molecule has 0 aromatic carbocycles. The molecule has 0 spiro atoms. The molecule has 1 unspecified atom stereocenters. The average Bonchev–Trinajstić information content (AvgIpc) is 2.66. The number of hydrogen-bond donors (Lipinski definition) is 0. The van der Waals surface area contributed by atoms with Crippen molar-refractivity contribution in [2.24, 2.45) is 0 Å². The fourth-order valence-corrected chi connectivity index (χ4v) is 4.10. The molecule has 0 aromatic rings. The van der Waals surface area contributed by atoms with Gasteiger partial charge in [0.1, 0.15) is 12.7 Å². The first-order valence-electron chi connectivity index (χ1n) is 11.4. The van der Waals surface area contributed by atoms with E-state index in [4.69, 9.17) is 8.92 Å². The van der Waals surface area contributed by atoms with Gasteiger partial charge in [0, 0.05) is 6.42 Å². The minimum Gasteiger partial charge on any atom is -0.463 e. The van der Waals surface area contributed by atoms with Crippen LogP contribution in [0.1, 0.15) is 96.8 Å². The molecule has 0 radical (unpaired) electrons. The summed E-state index contributed by atoms with van der Waals surface area (Å²) >= 11 is 0. The summed E-state index contributed by atoms with van der Waals surface area (Å²) in [7, 11) is -7.61. The summed E-state index contributed by atoms with van der Waals surface area (Å²) in [5.74, 6) is -0.468. The topological polar surface area (TPSA) is 113 Å². The Labute approximate surface area is 189 Å². The molecule has 8 nitrogen and oxygen atoms in total. The van der Waals surface area contributed by atoms with Crippen LogP contribution in [0.15, 0.2) is 0 Å². The number of unbranched alkanes of at least 4 members (excludes halogenated alkanes) is 12. The second-order valence-corrected chi connectivity index (χ2v) is 11.3. The third kappa shape index (κ3) is 23.8. The number of ether oxygens (including phenoxy) is 1. The lowest BCUT2D eigenvalue weighted by Gasteiger charge is -2.15. The van der Waals surface area contributed by atoms with Crippen molar-refractivity contribution in [2.45, 2.75) is 103 Å². The second-order valence-electron chi connectivity index (χ2n) is 8.09. The second kappa shape index (κ2) is 17.8. The highest BCUT2D eigenvalue weighted by atomic mass is 32.2. The van der Waals surface area contributed by atoms with Gasteiger partial charge in [-0.15, -0.1) is 0 Å². The Balaban J connectivity index is 3.78. The Bertz CT molecular complexity index is 659. The Morgan fingerprint density at radius 1 is 0.677 bits per heavy atom. The van der Waals surface area contributed by atoms with Crippen LogP contribution < -0.4 is 0 Å². The van der Waals surface area contributed by atoms with E-state index in [1.807, 2.05) is 0 Å². The summed E-state index contributed by atoms with van der Waals surface area (Å²) < 4.78 is 58.9. The van der Waals surface area contributed by atoms with Gasteiger partial charge in [-0.3, -0.25) is 13.2 Å². The molecule has 10 heteroatoms. The van der Waals surface area contributed by atoms with Crippen molar-refractivity contribution < 1.29 is 34.7 Å². The van der Waals surface area contributed by atoms with Gasteiger partial charge in [0.25, 0.3) is 20.2 Å². The van der Waals surface area contributed by atoms with Gasteiger partial charge in [-0.2, -0.15) is 16.8 Å². The molecule has 0 heterocycles. The molecule has 0 saturated heterocycles. The number of carbonyl (C=O) groups excluding carboxylic acids is 1. The van der Waals surface area contributed by atoms with Gasteiger partial charge in [0.15, 0.2) is 0 Å². The third-order valence-electron chi connectivity index (χ3n) is 4.69. The molecule has 0 N–H and O–H groups in total. The Kier molecular flexibility index (Phi) is 17.4. The SMILES string of the molecule is CCCCCCCCCCCCCCCC(=O)OCC(COS(C)(=O)=O)OS(C)(=O)=O. The van der Waals surface area contributed by atoms with Crippen molar-refractivity contribution in [1.82, 2.24) is 0 Å². The van der Waals surface area contributed by atoms with Gasteiger partial charge < -0.3 is 4.74 Å². The number of esters is 1. The van der Waals surface area contributed by atoms with Crippen molar-refractivity contribution in [3.05, 3.63) is 0 Å². The lowest BCUT2D eigenvalue weighted by molar-refractivity contribution is -0.146. The summed E-state index contributed by atoms with van der Waals surface area (Å²) in [5, 5.41) is 0. The molecule has 0 rings (SSSR count). The molecule has 0 aliphatic rings. The van der Waals surface area contributed by atoms with Crippen LogP contribution in [-0.2, 0) is 38.1 Å². The molecule has 0 bridgehead atoms. The van der Waals surface area contributed by atoms with Crippen LogP contribution >= 0.6 is 0 Å². The largest absolute Gasteiger partial charge is 0.463 e. The van der Waals surface area contributed by atoms with Gasteiger partial charge in [0.05, 0.1) is 19.1 Å². The molecular formula is C21H42O8S2. The summed E-state index contributed by atoms with van der Waals surface area (Å²) in [5.41, 5.74) is 0. The van der Waals surface area contributed by atoms with Crippen LogP contribution in [0.3, 0.4) is 0 Å². The van der Waals surface area contributed by atoms with Crippen molar-refractivity contribution in [3.8, 4) is 0 Å². The van der Waals surface area contributed by atoms with Crippen molar-refractivity contribution >= 4 is 26.2 Å². The fraction of sp³-hybridized carbons (Fsp3) is 0.952. The van der Waals surface area contributed by atoms with Crippen molar-refractivity contribution in [1.29, 1.82) is 0 Å². The van der Waals surface area contributed by atoms with Gasteiger partial charge in [-0.25, -0.2) is 0 Å². The standard InChI is InChI=1S/C21H42O8S2/c1-4-5-6-7-8-9-10-11-12-13-14-15-16-17-21(22)27-18-20(29-31(3,25)26)19-28-30(2,23)24/h20H,4-19H2,1-3H3. The summed E-state index contributed by atoms with van der Waals surface area (Å²) in [6.45, 7) is 1.30. The molecule has 0 aliphatic heterocycles. The lowest BCUT2D eigenvalue weighted by atomic mass is 10.0. The van der Waals surface area contributed by atoms with E-state index in [2.05, 4.69) is 11.1 Å². The van der Waals surface area contributed by atoms with Crippen LogP contribution in [0, 0.1) is 0 Å². The van der Waals surface area contributed by atoms with Crippen molar-refractivity contribution in [3.63, 3.8) is 0 Å². The highest BCUT2D eigenvalue weighted by Crippen LogP contribution is 2.13. The number of rotatable bonds is 21. The van der Waals surface area contributed by atoms with Crippen LogP contribution in [0.25, 0.3) is 0 Å². The molecule has 31 heavy (non-hydrogen) atoms. The van der Waals surface area contributed by atoms with Gasteiger partial charge >= 0.3 is 5.97 Å². The molecule has 0 aromatic heterocycles. The summed E-state index contributed by atoms with van der Waals surface area (Å²) in [6.07, 6.45) is 16.4. The van der Waals surface area contributed by atoms with Crippen molar-refractivity contribution in [2.75, 3.05) is 25.7 Å². The Morgan fingerprint density at radius 2 is 1.13 bits per heavy atom. The van der Waals surface area contributed by atoms with Gasteiger partial charge in [0.2, 0.25) is 0 Å². The van der Waals surface area contributed by atoms with E-state index in [9.17, 15) is 21.6 Å². The molecule has 0 amide bonds. The quantitative estimate of drug-likeness (QED) is 0.134. The Hall–Kier alpha value is -0.710. The summed E-state index contributed by atoms with van der Waals surface area (Å²) in [4.78, 5) is 11.8. The molecule has 186 valence electrons. The number of carbonyl (C=O) groups is 1. The van der Waals surface area contributed by atoms with Crippen LogP contribution in [0.2, 0.25) is 0 Å². The van der Waals surface area contributed by atoms with E-state index in [0.29, 0.717) is 6.42 Å². The van der Waals surface area contributed by atoms with E-state index >= 15 is 0 Å². The predicted octanol–water partition coefficient (Wildman–Crippen LogP) is 4.33. The van der Waals surface area contributed by atoms with Crippen LogP contribution in [-0.4, -0.2) is 54.6 Å². The predicted molar refractivity (Wildman–Crippen MR) is 122 cm³/mol. The maximum absolute atomic E-state index is 11.8. The summed E-state index contributed by atoms with van der Waals surface area (Å²) in [6, 6.07) is 0. The van der Waals surface area contributed by atoms with Crippen LogP contribution in [0.5, 0.6) is 0 Å². The van der Waals surface area contributed by atoms with E-state index in [1.165, 1.54) is 57.8 Å². The van der Waals surface area contributed by atoms with E-state index in [-0.39, 0.29) is 13.0 Å². The molecule has 0 aliphatic carbocycles. The maximum atomic E-state index is 11.8. The first-order valence-corrected chi connectivity index (χ1v) is 15.0. The monoisotopic (exact) mass is 486 g/mol. The molecule has 1 atom stereocenters. The maximum Gasteiger partial charge on any atom is 0.305 e. The Morgan fingerprint density at radius 3 is 1.55 bits per heavy atom. The highest BCUT2D eigenvalue weighted by molar-refractivity contribution is 7.86.